The number of nitrogen functional groups attached to an aromatic ring is 1. The molecule has 0 saturated heterocycles. The maximum absolute atomic E-state index is 13.0. The van der Waals surface area contributed by atoms with Gasteiger partial charge in [-0.2, -0.15) is 0 Å². The van der Waals surface area contributed by atoms with E-state index in [-0.39, 0.29) is 11.7 Å². The van der Waals surface area contributed by atoms with Crippen LogP contribution in [0.25, 0.3) is 0 Å². The normalized spacial score (nSPS) is 10.4. The molecular weight excluding hydrogens is 291 g/mol. The standard InChI is InChI=1S/C16H16ClFN2O/c1-10-8-13(18)4-2-11(10)6-7-20-16(21)14-9-12(17)3-5-15(14)19/h2-5,8-9H,6-7,19H2,1H3,(H,20,21). The number of carbonyl (C=O) groups is 1. The van der Waals surface area contributed by atoms with E-state index < -0.39 is 0 Å². The predicted molar refractivity (Wildman–Crippen MR) is 83.0 cm³/mol. The first-order valence-corrected chi connectivity index (χ1v) is 6.93. The summed E-state index contributed by atoms with van der Waals surface area (Å²) in [5.74, 6) is -0.526. The van der Waals surface area contributed by atoms with Crippen LogP contribution in [0, 0.1) is 12.7 Å². The van der Waals surface area contributed by atoms with Gasteiger partial charge in [0.15, 0.2) is 0 Å². The van der Waals surface area contributed by atoms with Crippen molar-refractivity contribution in [3.63, 3.8) is 0 Å². The molecule has 3 N–H and O–H groups in total. The zero-order valence-electron chi connectivity index (χ0n) is 11.6. The van der Waals surface area contributed by atoms with Crippen molar-refractivity contribution in [1.82, 2.24) is 5.32 Å². The molecular formula is C16H16ClFN2O. The Kier molecular flexibility index (Phi) is 4.81. The monoisotopic (exact) mass is 306 g/mol. The van der Waals surface area contributed by atoms with Crippen LogP contribution in [0.1, 0.15) is 21.5 Å². The average Bonchev–Trinajstić information content (AvgIpc) is 2.43. The van der Waals surface area contributed by atoms with E-state index in [0.717, 1.165) is 11.1 Å². The Bertz CT molecular complexity index is 673. The number of benzene rings is 2. The minimum atomic E-state index is -0.269. The van der Waals surface area contributed by atoms with Gasteiger partial charge in [-0.15, -0.1) is 0 Å². The Morgan fingerprint density at radius 1 is 1.29 bits per heavy atom. The summed E-state index contributed by atoms with van der Waals surface area (Å²) in [6, 6.07) is 9.39. The van der Waals surface area contributed by atoms with Gasteiger partial charge in [0.2, 0.25) is 0 Å². The molecule has 0 unspecified atom stereocenters. The summed E-state index contributed by atoms with van der Waals surface area (Å²) >= 11 is 5.86. The number of hydrogen-bond donors (Lipinski definition) is 2. The van der Waals surface area contributed by atoms with Gasteiger partial charge in [-0.05, 0) is 54.8 Å². The second kappa shape index (κ2) is 6.59. The van der Waals surface area contributed by atoms with Crippen molar-refractivity contribution >= 4 is 23.2 Å². The van der Waals surface area contributed by atoms with Gasteiger partial charge < -0.3 is 11.1 Å². The number of carbonyl (C=O) groups excluding carboxylic acids is 1. The molecule has 0 aliphatic carbocycles. The highest BCUT2D eigenvalue weighted by atomic mass is 35.5. The molecule has 0 atom stereocenters. The summed E-state index contributed by atoms with van der Waals surface area (Å²) in [6.45, 7) is 2.28. The van der Waals surface area contributed by atoms with Crippen LogP contribution in [0.15, 0.2) is 36.4 Å². The SMILES string of the molecule is Cc1cc(F)ccc1CCNC(=O)c1cc(Cl)ccc1N. The molecule has 21 heavy (non-hydrogen) atoms. The van der Waals surface area contributed by atoms with Crippen LogP contribution in [0.5, 0.6) is 0 Å². The fraction of sp³-hybridized carbons (Fsp3) is 0.188. The van der Waals surface area contributed by atoms with E-state index in [4.69, 9.17) is 17.3 Å². The summed E-state index contributed by atoms with van der Waals surface area (Å²) in [5, 5.41) is 3.25. The van der Waals surface area contributed by atoms with Crippen LogP contribution >= 0.6 is 11.6 Å². The van der Waals surface area contributed by atoms with Crippen molar-refractivity contribution in [3.05, 3.63) is 63.9 Å². The maximum Gasteiger partial charge on any atom is 0.253 e. The van der Waals surface area contributed by atoms with Crippen LogP contribution in [-0.4, -0.2) is 12.5 Å². The van der Waals surface area contributed by atoms with Gasteiger partial charge in [0.25, 0.3) is 5.91 Å². The van der Waals surface area contributed by atoms with E-state index in [1.54, 1.807) is 18.2 Å². The maximum atomic E-state index is 13.0. The number of anilines is 1. The first-order chi connectivity index (χ1) is 9.97. The van der Waals surface area contributed by atoms with Gasteiger partial charge in [0, 0.05) is 17.3 Å². The minimum Gasteiger partial charge on any atom is -0.398 e. The summed E-state index contributed by atoms with van der Waals surface area (Å²) in [6.07, 6.45) is 0.623. The predicted octanol–water partition coefficient (Wildman–Crippen LogP) is 3.34. The molecule has 0 spiro atoms. The first kappa shape index (κ1) is 15.3. The fourth-order valence-corrected chi connectivity index (χ4v) is 2.24. The fourth-order valence-electron chi connectivity index (χ4n) is 2.07. The van der Waals surface area contributed by atoms with Crippen molar-refractivity contribution in [2.75, 3.05) is 12.3 Å². The van der Waals surface area contributed by atoms with Gasteiger partial charge >= 0.3 is 0 Å². The number of halogens is 2. The highest BCUT2D eigenvalue weighted by Crippen LogP contribution is 2.17. The van der Waals surface area contributed by atoms with Gasteiger partial charge in [-0.3, -0.25) is 4.79 Å². The molecule has 2 aromatic rings. The topological polar surface area (TPSA) is 55.1 Å². The van der Waals surface area contributed by atoms with Crippen molar-refractivity contribution < 1.29 is 9.18 Å². The molecule has 0 aromatic heterocycles. The molecule has 0 aliphatic heterocycles. The van der Waals surface area contributed by atoms with E-state index in [1.165, 1.54) is 18.2 Å². The molecule has 0 heterocycles. The number of amides is 1. The summed E-state index contributed by atoms with van der Waals surface area (Å²) < 4.78 is 13.0. The van der Waals surface area contributed by atoms with Crippen molar-refractivity contribution in [1.29, 1.82) is 0 Å². The first-order valence-electron chi connectivity index (χ1n) is 6.55. The molecule has 0 radical (unpaired) electrons. The number of nitrogens with two attached hydrogens (primary N) is 1. The van der Waals surface area contributed by atoms with Crippen LogP contribution in [0.2, 0.25) is 5.02 Å². The lowest BCUT2D eigenvalue weighted by molar-refractivity contribution is 0.0955. The average molecular weight is 307 g/mol. The van der Waals surface area contributed by atoms with Gasteiger partial charge in [0.1, 0.15) is 5.82 Å². The van der Waals surface area contributed by atoms with Gasteiger partial charge in [-0.1, -0.05) is 17.7 Å². The second-order valence-electron chi connectivity index (χ2n) is 4.81. The second-order valence-corrected chi connectivity index (χ2v) is 5.24. The Labute approximate surface area is 127 Å². The summed E-state index contributed by atoms with van der Waals surface area (Å²) in [4.78, 5) is 12.0. The van der Waals surface area contributed by atoms with Crippen molar-refractivity contribution in [2.45, 2.75) is 13.3 Å². The molecule has 2 rings (SSSR count). The molecule has 3 nitrogen and oxygen atoms in total. The number of nitrogens with one attached hydrogen (secondary N) is 1. The molecule has 0 saturated carbocycles. The molecule has 0 bridgehead atoms. The number of rotatable bonds is 4. The van der Waals surface area contributed by atoms with E-state index >= 15 is 0 Å². The van der Waals surface area contributed by atoms with Crippen LogP contribution in [0.3, 0.4) is 0 Å². The Morgan fingerprint density at radius 2 is 2.05 bits per heavy atom. The summed E-state index contributed by atoms with van der Waals surface area (Å²) in [7, 11) is 0. The van der Waals surface area contributed by atoms with Crippen LogP contribution < -0.4 is 11.1 Å². The smallest absolute Gasteiger partial charge is 0.253 e. The third-order valence-corrected chi connectivity index (χ3v) is 3.48. The van der Waals surface area contributed by atoms with Crippen LogP contribution in [-0.2, 0) is 6.42 Å². The number of aryl methyl sites for hydroxylation is 1. The minimum absolute atomic E-state index is 0.257. The highest BCUT2D eigenvalue weighted by molar-refractivity contribution is 6.31. The van der Waals surface area contributed by atoms with Crippen molar-refractivity contribution in [3.8, 4) is 0 Å². The lowest BCUT2D eigenvalue weighted by Crippen LogP contribution is -2.26. The van der Waals surface area contributed by atoms with E-state index in [0.29, 0.717) is 29.2 Å². The number of hydrogen-bond acceptors (Lipinski definition) is 2. The highest BCUT2D eigenvalue weighted by Gasteiger charge is 2.10. The molecule has 110 valence electrons. The Hall–Kier alpha value is -2.07. The van der Waals surface area contributed by atoms with Gasteiger partial charge in [0.05, 0.1) is 5.56 Å². The lowest BCUT2D eigenvalue weighted by Gasteiger charge is -2.09. The van der Waals surface area contributed by atoms with E-state index in [2.05, 4.69) is 5.32 Å². The van der Waals surface area contributed by atoms with Gasteiger partial charge in [-0.25, -0.2) is 4.39 Å². The van der Waals surface area contributed by atoms with E-state index in [1.807, 2.05) is 6.92 Å². The summed E-state index contributed by atoms with van der Waals surface area (Å²) in [5.41, 5.74) is 8.36. The largest absolute Gasteiger partial charge is 0.398 e. The zero-order valence-corrected chi connectivity index (χ0v) is 12.4. The Morgan fingerprint density at radius 3 is 2.76 bits per heavy atom. The molecule has 0 aliphatic rings. The third-order valence-electron chi connectivity index (χ3n) is 3.24. The van der Waals surface area contributed by atoms with Crippen LogP contribution in [0.4, 0.5) is 10.1 Å². The molecule has 1 amide bonds. The molecule has 5 heteroatoms. The lowest BCUT2D eigenvalue weighted by atomic mass is 10.1. The third kappa shape index (κ3) is 3.95. The molecule has 2 aromatic carbocycles. The quantitative estimate of drug-likeness (QED) is 0.851. The zero-order chi connectivity index (χ0) is 15.4. The van der Waals surface area contributed by atoms with Crippen molar-refractivity contribution in [2.24, 2.45) is 0 Å². The van der Waals surface area contributed by atoms with E-state index in [9.17, 15) is 9.18 Å². The molecule has 0 fully saturated rings. The Balaban J connectivity index is 1.97.